The first-order valence-corrected chi connectivity index (χ1v) is 7.27. The number of benzene rings is 1. The summed E-state index contributed by atoms with van der Waals surface area (Å²) in [6.45, 7) is 8.77. The summed E-state index contributed by atoms with van der Waals surface area (Å²) in [6, 6.07) is 8.67. The van der Waals surface area contributed by atoms with E-state index in [-0.39, 0.29) is 5.60 Å². The van der Waals surface area contributed by atoms with Crippen molar-refractivity contribution in [1.29, 1.82) is 0 Å². The molecular weight excluding hydrogens is 230 g/mol. The van der Waals surface area contributed by atoms with E-state index in [4.69, 9.17) is 4.74 Å². The summed E-state index contributed by atoms with van der Waals surface area (Å²) >= 11 is 1.77. The van der Waals surface area contributed by atoms with E-state index in [9.17, 15) is 0 Å². The molecule has 0 atom stereocenters. The normalized spacial score (nSPS) is 11.8. The van der Waals surface area contributed by atoms with Crippen molar-refractivity contribution < 1.29 is 4.74 Å². The monoisotopic (exact) mass is 253 g/mol. The summed E-state index contributed by atoms with van der Waals surface area (Å²) in [6.07, 6.45) is 2.10. The second-order valence-electron chi connectivity index (χ2n) is 4.64. The van der Waals surface area contributed by atoms with Crippen molar-refractivity contribution in [2.75, 3.05) is 19.4 Å². The molecule has 0 unspecified atom stereocenters. The second kappa shape index (κ2) is 7.04. The van der Waals surface area contributed by atoms with Crippen LogP contribution < -0.4 is 5.32 Å². The van der Waals surface area contributed by atoms with Gasteiger partial charge in [-0.05, 0) is 44.7 Å². The number of rotatable bonds is 7. The van der Waals surface area contributed by atoms with Gasteiger partial charge in [0.1, 0.15) is 0 Å². The average molecular weight is 253 g/mol. The highest BCUT2D eigenvalue weighted by Crippen LogP contribution is 2.15. The number of nitrogens with one attached hydrogen (secondary N) is 1. The standard InChI is InChI=1S/C14H23NOS/c1-5-16-14(2,3)11-15-10-12-6-8-13(17-4)9-7-12/h6-9,15H,5,10-11H2,1-4H3. The van der Waals surface area contributed by atoms with Crippen molar-refractivity contribution in [1.82, 2.24) is 5.32 Å². The largest absolute Gasteiger partial charge is 0.375 e. The number of thioether (sulfide) groups is 1. The molecule has 0 spiro atoms. The van der Waals surface area contributed by atoms with E-state index in [1.807, 2.05) is 6.92 Å². The third-order valence-corrected chi connectivity index (χ3v) is 3.32. The Kier molecular flexibility index (Phi) is 6.03. The van der Waals surface area contributed by atoms with Crippen LogP contribution in [0, 0.1) is 0 Å². The third-order valence-electron chi connectivity index (χ3n) is 2.57. The summed E-state index contributed by atoms with van der Waals surface area (Å²) in [5.41, 5.74) is 1.23. The lowest BCUT2D eigenvalue weighted by molar-refractivity contribution is -0.00897. The first-order valence-electron chi connectivity index (χ1n) is 6.05. The van der Waals surface area contributed by atoms with E-state index in [0.717, 1.165) is 19.7 Å². The van der Waals surface area contributed by atoms with Crippen LogP contribution in [0.5, 0.6) is 0 Å². The van der Waals surface area contributed by atoms with E-state index in [2.05, 4.69) is 49.7 Å². The maximum Gasteiger partial charge on any atom is 0.0750 e. The molecule has 0 aromatic heterocycles. The predicted octanol–water partition coefficient (Wildman–Crippen LogP) is 3.31. The Bertz CT molecular complexity index is 321. The first-order chi connectivity index (χ1) is 8.07. The Hall–Kier alpha value is -0.510. The van der Waals surface area contributed by atoms with Gasteiger partial charge in [0.2, 0.25) is 0 Å². The fourth-order valence-corrected chi connectivity index (χ4v) is 2.10. The molecule has 0 amide bonds. The molecule has 1 aromatic rings. The van der Waals surface area contributed by atoms with Crippen molar-refractivity contribution in [3.63, 3.8) is 0 Å². The van der Waals surface area contributed by atoms with Gasteiger partial charge in [0, 0.05) is 24.6 Å². The Labute approximate surface area is 109 Å². The molecule has 0 aliphatic heterocycles. The van der Waals surface area contributed by atoms with Crippen molar-refractivity contribution in [3.05, 3.63) is 29.8 Å². The number of hydrogen-bond donors (Lipinski definition) is 1. The minimum atomic E-state index is -0.0893. The molecule has 1 N–H and O–H groups in total. The van der Waals surface area contributed by atoms with Gasteiger partial charge in [-0.1, -0.05) is 12.1 Å². The molecule has 0 aliphatic carbocycles. The SMILES string of the molecule is CCOC(C)(C)CNCc1ccc(SC)cc1. The second-order valence-corrected chi connectivity index (χ2v) is 5.52. The maximum absolute atomic E-state index is 5.64. The van der Waals surface area contributed by atoms with Gasteiger partial charge >= 0.3 is 0 Å². The zero-order valence-corrected chi connectivity index (χ0v) is 12.1. The van der Waals surface area contributed by atoms with E-state index >= 15 is 0 Å². The van der Waals surface area contributed by atoms with E-state index in [1.54, 1.807) is 11.8 Å². The molecule has 1 aromatic carbocycles. The van der Waals surface area contributed by atoms with E-state index in [1.165, 1.54) is 10.5 Å². The van der Waals surface area contributed by atoms with Gasteiger partial charge in [-0.2, -0.15) is 0 Å². The van der Waals surface area contributed by atoms with Crippen molar-refractivity contribution >= 4 is 11.8 Å². The lowest BCUT2D eigenvalue weighted by Crippen LogP contribution is -2.37. The molecule has 2 nitrogen and oxygen atoms in total. The molecule has 0 fully saturated rings. The van der Waals surface area contributed by atoms with Gasteiger partial charge in [-0.25, -0.2) is 0 Å². The van der Waals surface area contributed by atoms with Crippen LogP contribution in [0.25, 0.3) is 0 Å². The molecular formula is C14H23NOS. The van der Waals surface area contributed by atoms with E-state index in [0.29, 0.717) is 0 Å². The Morgan fingerprint density at radius 3 is 2.41 bits per heavy atom. The lowest BCUT2D eigenvalue weighted by atomic mass is 10.1. The molecule has 1 rings (SSSR count). The molecule has 0 heterocycles. The maximum atomic E-state index is 5.64. The summed E-state index contributed by atoms with van der Waals surface area (Å²) in [5, 5.41) is 3.43. The summed E-state index contributed by atoms with van der Waals surface area (Å²) in [4.78, 5) is 1.31. The smallest absolute Gasteiger partial charge is 0.0750 e. The molecule has 0 aliphatic rings. The van der Waals surface area contributed by atoms with Gasteiger partial charge < -0.3 is 10.1 Å². The quantitative estimate of drug-likeness (QED) is 0.753. The first kappa shape index (κ1) is 14.6. The van der Waals surface area contributed by atoms with Gasteiger partial charge in [0.15, 0.2) is 0 Å². The molecule has 17 heavy (non-hydrogen) atoms. The van der Waals surface area contributed by atoms with Crippen molar-refractivity contribution in [3.8, 4) is 0 Å². The van der Waals surface area contributed by atoms with Crippen molar-refractivity contribution in [2.24, 2.45) is 0 Å². The molecule has 0 radical (unpaired) electrons. The molecule has 96 valence electrons. The van der Waals surface area contributed by atoms with Crippen LogP contribution in [0.1, 0.15) is 26.3 Å². The minimum absolute atomic E-state index is 0.0893. The fourth-order valence-electron chi connectivity index (χ4n) is 1.69. The van der Waals surface area contributed by atoms with Crippen molar-refractivity contribution in [2.45, 2.75) is 37.8 Å². The lowest BCUT2D eigenvalue weighted by Gasteiger charge is -2.25. The van der Waals surface area contributed by atoms with Crippen LogP contribution in [-0.4, -0.2) is 25.0 Å². The van der Waals surface area contributed by atoms with Crippen LogP contribution in [0.15, 0.2) is 29.2 Å². The number of hydrogen-bond acceptors (Lipinski definition) is 3. The average Bonchev–Trinajstić information content (AvgIpc) is 2.29. The fraction of sp³-hybridized carbons (Fsp3) is 0.571. The van der Waals surface area contributed by atoms with Crippen LogP contribution in [0.3, 0.4) is 0 Å². The van der Waals surface area contributed by atoms with Gasteiger partial charge in [-0.3, -0.25) is 0 Å². The van der Waals surface area contributed by atoms with Crippen LogP contribution >= 0.6 is 11.8 Å². The highest BCUT2D eigenvalue weighted by Gasteiger charge is 2.16. The summed E-state index contributed by atoms with van der Waals surface area (Å²) in [7, 11) is 0. The molecule has 3 heteroatoms. The van der Waals surface area contributed by atoms with Crippen LogP contribution in [0.4, 0.5) is 0 Å². The summed E-state index contributed by atoms with van der Waals surface area (Å²) in [5.74, 6) is 0. The van der Waals surface area contributed by atoms with Gasteiger partial charge in [-0.15, -0.1) is 11.8 Å². The van der Waals surface area contributed by atoms with E-state index < -0.39 is 0 Å². The summed E-state index contributed by atoms with van der Waals surface area (Å²) < 4.78 is 5.64. The van der Waals surface area contributed by atoms with Gasteiger partial charge in [0.05, 0.1) is 5.60 Å². The topological polar surface area (TPSA) is 21.3 Å². The minimum Gasteiger partial charge on any atom is -0.375 e. The zero-order valence-electron chi connectivity index (χ0n) is 11.2. The third kappa shape index (κ3) is 5.57. The highest BCUT2D eigenvalue weighted by atomic mass is 32.2. The molecule has 0 bridgehead atoms. The zero-order chi connectivity index (χ0) is 12.7. The number of ether oxygens (including phenoxy) is 1. The predicted molar refractivity (Wildman–Crippen MR) is 75.6 cm³/mol. The van der Waals surface area contributed by atoms with Crippen LogP contribution in [-0.2, 0) is 11.3 Å². The Morgan fingerprint density at radius 1 is 1.24 bits per heavy atom. The Morgan fingerprint density at radius 2 is 1.88 bits per heavy atom. The Balaban J connectivity index is 2.35. The molecule has 0 saturated carbocycles. The van der Waals surface area contributed by atoms with Gasteiger partial charge in [0.25, 0.3) is 0 Å². The van der Waals surface area contributed by atoms with Crippen LogP contribution in [0.2, 0.25) is 0 Å². The molecule has 0 saturated heterocycles. The highest BCUT2D eigenvalue weighted by molar-refractivity contribution is 7.98.